The number of methoxy groups -OCH3 is 1. The third kappa shape index (κ3) is 2.82. The molecular formula is C11H19N3O2. The fourth-order valence-electron chi connectivity index (χ4n) is 1.63. The summed E-state index contributed by atoms with van der Waals surface area (Å²) in [7, 11) is 1.40. The van der Waals surface area contributed by atoms with E-state index in [1.807, 2.05) is 11.5 Å². The number of esters is 1. The van der Waals surface area contributed by atoms with Gasteiger partial charge in [0.25, 0.3) is 0 Å². The van der Waals surface area contributed by atoms with Crippen LogP contribution in [0.4, 0.5) is 0 Å². The molecule has 1 aromatic heterocycles. The zero-order valence-electron chi connectivity index (χ0n) is 10.1. The van der Waals surface area contributed by atoms with Crippen LogP contribution in [0.3, 0.4) is 0 Å². The molecule has 1 heterocycles. The van der Waals surface area contributed by atoms with E-state index in [4.69, 9.17) is 4.74 Å². The van der Waals surface area contributed by atoms with Crippen LogP contribution < -0.4 is 5.32 Å². The molecule has 90 valence electrons. The van der Waals surface area contributed by atoms with E-state index in [0.717, 1.165) is 18.7 Å². The summed E-state index contributed by atoms with van der Waals surface area (Å²) in [6, 6.07) is -0.427. The summed E-state index contributed by atoms with van der Waals surface area (Å²) in [6.07, 6.45) is 4.45. The summed E-state index contributed by atoms with van der Waals surface area (Å²) in [4.78, 5) is 15.7. The van der Waals surface area contributed by atoms with Gasteiger partial charge in [-0.15, -0.1) is 0 Å². The normalized spacial score (nSPS) is 12.4. The lowest BCUT2D eigenvalue weighted by atomic mass is 10.2. The number of likely N-dealkylation sites (N-methyl/N-ethyl adjacent to an activating group) is 1. The maximum absolute atomic E-state index is 11.6. The van der Waals surface area contributed by atoms with E-state index >= 15 is 0 Å². The second kappa shape index (κ2) is 6.27. The van der Waals surface area contributed by atoms with E-state index in [1.165, 1.54) is 7.11 Å². The maximum atomic E-state index is 11.6. The maximum Gasteiger partial charge on any atom is 0.329 e. The topological polar surface area (TPSA) is 56.2 Å². The molecule has 1 unspecified atom stereocenters. The van der Waals surface area contributed by atoms with Crippen molar-refractivity contribution in [2.24, 2.45) is 0 Å². The van der Waals surface area contributed by atoms with E-state index in [1.54, 1.807) is 12.5 Å². The first-order chi connectivity index (χ1) is 7.74. The van der Waals surface area contributed by atoms with Crippen molar-refractivity contribution in [3.05, 3.63) is 18.2 Å². The number of aryl methyl sites for hydroxylation is 1. The van der Waals surface area contributed by atoms with Crippen molar-refractivity contribution in [1.29, 1.82) is 0 Å². The number of hydrogen-bond donors (Lipinski definition) is 1. The molecule has 1 atom stereocenters. The largest absolute Gasteiger partial charge is 0.468 e. The molecule has 0 saturated heterocycles. The fourth-order valence-corrected chi connectivity index (χ4v) is 1.63. The molecular weight excluding hydrogens is 206 g/mol. The molecule has 0 saturated carbocycles. The molecule has 0 bridgehead atoms. The van der Waals surface area contributed by atoms with Crippen molar-refractivity contribution in [2.45, 2.75) is 32.9 Å². The number of nitrogens with one attached hydrogen (secondary N) is 1. The summed E-state index contributed by atoms with van der Waals surface area (Å²) in [6.45, 7) is 5.60. The minimum atomic E-state index is -0.427. The number of ether oxygens (including phenoxy) is 1. The molecule has 0 aliphatic carbocycles. The lowest BCUT2D eigenvalue weighted by Crippen LogP contribution is -2.31. The third-order valence-corrected chi connectivity index (χ3v) is 2.35. The SMILES string of the molecule is CCCn1cncc1C(NCC)C(=O)OC. The second-order valence-electron chi connectivity index (χ2n) is 3.53. The number of carbonyl (C=O) groups is 1. The van der Waals surface area contributed by atoms with E-state index in [2.05, 4.69) is 17.2 Å². The van der Waals surface area contributed by atoms with Crippen molar-refractivity contribution in [3.8, 4) is 0 Å². The number of carbonyl (C=O) groups excluding carboxylic acids is 1. The van der Waals surface area contributed by atoms with Gasteiger partial charge in [-0.2, -0.15) is 0 Å². The summed E-state index contributed by atoms with van der Waals surface area (Å²) in [5, 5.41) is 3.10. The van der Waals surface area contributed by atoms with Crippen molar-refractivity contribution in [3.63, 3.8) is 0 Å². The van der Waals surface area contributed by atoms with Crippen LogP contribution in [0.5, 0.6) is 0 Å². The number of aromatic nitrogens is 2. The smallest absolute Gasteiger partial charge is 0.329 e. The van der Waals surface area contributed by atoms with Crippen molar-refractivity contribution >= 4 is 5.97 Å². The highest BCUT2D eigenvalue weighted by molar-refractivity contribution is 5.76. The van der Waals surface area contributed by atoms with Gasteiger partial charge < -0.3 is 9.30 Å². The zero-order valence-corrected chi connectivity index (χ0v) is 10.1. The van der Waals surface area contributed by atoms with Crippen LogP contribution >= 0.6 is 0 Å². The molecule has 5 nitrogen and oxygen atoms in total. The van der Waals surface area contributed by atoms with Crippen LogP contribution in [0, 0.1) is 0 Å². The van der Waals surface area contributed by atoms with Gasteiger partial charge in [0.05, 0.1) is 25.3 Å². The van der Waals surface area contributed by atoms with Crippen molar-refractivity contribution in [1.82, 2.24) is 14.9 Å². The van der Waals surface area contributed by atoms with Crippen LogP contribution in [0.1, 0.15) is 32.0 Å². The van der Waals surface area contributed by atoms with Crippen LogP contribution in [-0.4, -0.2) is 29.2 Å². The first kappa shape index (κ1) is 12.7. The van der Waals surface area contributed by atoms with Crippen LogP contribution in [0.2, 0.25) is 0 Å². The summed E-state index contributed by atoms with van der Waals surface area (Å²) in [5.74, 6) is -0.278. The molecule has 0 fully saturated rings. The molecule has 1 N–H and O–H groups in total. The Balaban J connectivity index is 2.91. The van der Waals surface area contributed by atoms with E-state index in [0.29, 0.717) is 6.54 Å². The summed E-state index contributed by atoms with van der Waals surface area (Å²) in [5.41, 5.74) is 0.857. The molecule has 0 amide bonds. The van der Waals surface area contributed by atoms with Crippen LogP contribution in [0.15, 0.2) is 12.5 Å². The van der Waals surface area contributed by atoms with Crippen molar-refractivity contribution < 1.29 is 9.53 Å². The van der Waals surface area contributed by atoms with Gasteiger partial charge in [0.15, 0.2) is 0 Å². The zero-order chi connectivity index (χ0) is 12.0. The first-order valence-corrected chi connectivity index (χ1v) is 5.55. The van der Waals surface area contributed by atoms with Gasteiger partial charge >= 0.3 is 5.97 Å². The monoisotopic (exact) mass is 225 g/mol. The number of imidazole rings is 1. The van der Waals surface area contributed by atoms with Crippen LogP contribution in [-0.2, 0) is 16.1 Å². The van der Waals surface area contributed by atoms with E-state index in [-0.39, 0.29) is 5.97 Å². The molecule has 1 aromatic rings. The van der Waals surface area contributed by atoms with Gasteiger partial charge in [-0.3, -0.25) is 5.32 Å². The Labute approximate surface area is 95.8 Å². The number of rotatable bonds is 6. The third-order valence-electron chi connectivity index (χ3n) is 2.35. The Bertz CT molecular complexity index is 336. The number of nitrogens with zero attached hydrogens (tertiary/aromatic N) is 2. The van der Waals surface area contributed by atoms with E-state index in [9.17, 15) is 4.79 Å². The Morgan fingerprint density at radius 1 is 1.62 bits per heavy atom. The lowest BCUT2D eigenvalue weighted by Gasteiger charge is -2.17. The highest BCUT2D eigenvalue weighted by Crippen LogP contribution is 2.14. The predicted molar refractivity (Wildman–Crippen MR) is 61.0 cm³/mol. The van der Waals surface area contributed by atoms with Crippen molar-refractivity contribution in [2.75, 3.05) is 13.7 Å². The molecule has 0 spiro atoms. The Hall–Kier alpha value is -1.36. The summed E-state index contributed by atoms with van der Waals surface area (Å²) < 4.78 is 6.76. The van der Waals surface area contributed by atoms with Gasteiger partial charge in [-0.25, -0.2) is 9.78 Å². The minimum absolute atomic E-state index is 0.278. The van der Waals surface area contributed by atoms with Gasteiger partial charge in [0.1, 0.15) is 6.04 Å². The molecule has 0 aliphatic heterocycles. The average Bonchev–Trinajstić information content (AvgIpc) is 2.73. The lowest BCUT2D eigenvalue weighted by molar-refractivity contribution is -0.143. The molecule has 0 aromatic carbocycles. The minimum Gasteiger partial charge on any atom is -0.468 e. The van der Waals surface area contributed by atoms with Gasteiger partial charge in [-0.1, -0.05) is 13.8 Å². The van der Waals surface area contributed by atoms with Gasteiger partial charge in [-0.05, 0) is 13.0 Å². The first-order valence-electron chi connectivity index (χ1n) is 5.55. The fraction of sp³-hybridized carbons (Fsp3) is 0.636. The second-order valence-corrected chi connectivity index (χ2v) is 3.53. The molecule has 5 heteroatoms. The highest BCUT2D eigenvalue weighted by Gasteiger charge is 2.23. The standard InChI is InChI=1S/C11H19N3O2/c1-4-6-14-8-12-7-9(14)10(13-5-2)11(15)16-3/h7-8,10,13H,4-6H2,1-3H3. The summed E-state index contributed by atoms with van der Waals surface area (Å²) >= 11 is 0. The Morgan fingerprint density at radius 3 is 2.94 bits per heavy atom. The molecule has 0 radical (unpaired) electrons. The molecule has 16 heavy (non-hydrogen) atoms. The van der Waals surface area contributed by atoms with Gasteiger partial charge in [0.2, 0.25) is 0 Å². The average molecular weight is 225 g/mol. The van der Waals surface area contributed by atoms with Gasteiger partial charge in [0, 0.05) is 6.54 Å². The Morgan fingerprint density at radius 2 is 2.38 bits per heavy atom. The highest BCUT2D eigenvalue weighted by atomic mass is 16.5. The molecule has 0 aliphatic rings. The Kier molecular flexibility index (Phi) is 4.98. The predicted octanol–water partition coefficient (Wildman–Crippen LogP) is 1.12. The quantitative estimate of drug-likeness (QED) is 0.737. The number of hydrogen-bond acceptors (Lipinski definition) is 4. The van der Waals surface area contributed by atoms with Crippen LogP contribution in [0.25, 0.3) is 0 Å². The van der Waals surface area contributed by atoms with E-state index < -0.39 is 6.04 Å². The molecule has 1 rings (SSSR count).